The predicted octanol–water partition coefficient (Wildman–Crippen LogP) is 6.18. The second kappa shape index (κ2) is 12.7. The number of carbonyl (C=O) groups is 2. The molecule has 31 heavy (non-hydrogen) atoms. The maximum atomic E-state index is 13.1. The number of carbonyl (C=O) groups excluding carboxylic acids is 2. The van der Waals surface area contributed by atoms with Crippen LogP contribution in [0, 0.1) is 5.92 Å². The largest absolute Gasteiger partial charge is 0.354 e. The van der Waals surface area contributed by atoms with Crippen molar-refractivity contribution in [1.29, 1.82) is 0 Å². The number of halogens is 3. The molecule has 1 atom stereocenters. The summed E-state index contributed by atoms with van der Waals surface area (Å²) in [7, 11) is 0. The first-order valence-electron chi connectivity index (χ1n) is 10.0. The molecule has 2 amide bonds. The second-order valence-electron chi connectivity index (χ2n) is 7.66. The molecule has 0 bridgehead atoms. The zero-order valence-electron chi connectivity index (χ0n) is 17.8. The summed E-state index contributed by atoms with van der Waals surface area (Å²) in [6.07, 6.45) is 0. The van der Waals surface area contributed by atoms with E-state index < -0.39 is 6.04 Å². The standard InChI is InChI=1S/C23H27BrCl2N2O2S/c1-15(2)11-27-23(30)16(3)28(12-19-20(25)5-4-6-21(19)26)22(29)14-31-13-17-7-9-18(24)10-8-17/h4-10,15-16H,11-14H2,1-3H3,(H,27,30)/t16-/m0/s1. The molecular weight excluding hydrogens is 519 g/mol. The number of amides is 2. The van der Waals surface area contributed by atoms with Gasteiger partial charge in [0.2, 0.25) is 11.8 Å². The van der Waals surface area contributed by atoms with E-state index >= 15 is 0 Å². The summed E-state index contributed by atoms with van der Waals surface area (Å²) in [5.41, 5.74) is 1.77. The van der Waals surface area contributed by atoms with Gasteiger partial charge in [-0.05, 0) is 42.7 Å². The second-order valence-corrected chi connectivity index (χ2v) is 10.4. The lowest BCUT2D eigenvalue weighted by Gasteiger charge is -2.29. The van der Waals surface area contributed by atoms with Crippen molar-refractivity contribution in [3.63, 3.8) is 0 Å². The molecule has 0 saturated heterocycles. The highest BCUT2D eigenvalue weighted by atomic mass is 79.9. The van der Waals surface area contributed by atoms with Crippen LogP contribution in [0.1, 0.15) is 31.9 Å². The van der Waals surface area contributed by atoms with E-state index in [0.29, 0.717) is 33.8 Å². The number of thioether (sulfide) groups is 1. The number of hydrogen-bond acceptors (Lipinski definition) is 3. The summed E-state index contributed by atoms with van der Waals surface area (Å²) in [4.78, 5) is 27.4. The Bertz CT molecular complexity index is 873. The minimum atomic E-state index is -0.646. The number of hydrogen-bond donors (Lipinski definition) is 1. The maximum absolute atomic E-state index is 13.1. The van der Waals surface area contributed by atoms with E-state index in [1.165, 1.54) is 11.8 Å². The highest BCUT2D eigenvalue weighted by molar-refractivity contribution is 9.10. The Morgan fingerprint density at radius 1 is 1.06 bits per heavy atom. The highest BCUT2D eigenvalue weighted by Gasteiger charge is 2.27. The van der Waals surface area contributed by atoms with Crippen LogP contribution < -0.4 is 5.32 Å². The Morgan fingerprint density at radius 3 is 2.26 bits per heavy atom. The van der Waals surface area contributed by atoms with Crippen LogP contribution in [-0.4, -0.2) is 35.1 Å². The van der Waals surface area contributed by atoms with Crippen LogP contribution in [0.25, 0.3) is 0 Å². The van der Waals surface area contributed by atoms with Gasteiger partial charge in [0.25, 0.3) is 0 Å². The summed E-state index contributed by atoms with van der Waals surface area (Å²) in [6.45, 7) is 6.51. The van der Waals surface area contributed by atoms with Crippen molar-refractivity contribution in [3.05, 3.63) is 68.1 Å². The monoisotopic (exact) mass is 544 g/mol. The van der Waals surface area contributed by atoms with Gasteiger partial charge in [0, 0.05) is 38.9 Å². The topological polar surface area (TPSA) is 49.4 Å². The van der Waals surface area contributed by atoms with E-state index in [2.05, 4.69) is 21.2 Å². The number of rotatable bonds is 10. The average Bonchev–Trinajstić information content (AvgIpc) is 2.72. The zero-order chi connectivity index (χ0) is 23.0. The van der Waals surface area contributed by atoms with Crippen molar-refractivity contribution in [2.24, 2.45) is 5.92 Å². The molecule has 0 aliphatic heterocycles. The molecule has 2 aromatic carbocycles. The number of benzene rings is 2. The Labute approximate surface area is 207 Å². The van der Waals surface area contributed by atoms with Crippen LogP contribution >= 0.6 is 50.9 Å². The molecule has 4 nitrogen and oxygen atoms in total. The third-order valence-electron chi connectivity index (χ3n) is 4.65. The van der Waals surface area contributed by atoms with Crippen LogP contribution in [0.3, 0.4) is 0 Å². The van der Waals surface area contributed by atoms with E-state index in [9.17, 15) is 9.59 Å². The quantitative estimate of drug-likeness (QED) is 0.388. The molecule has 168 valence electrons. The normalized spacial score (nSPS) is 12.0. The maximum Gasteiger partial charge on any atom is 0.242 e. The van der Waals surface area contributed by atoms with Crippen molar-refractivity contribution >= 4 is 62.7 Å². The third kappa shape index (κ3) is 8.33. The molecule has 0 aliphatic carbocycles. The summed E-state index contributed by atoms with van der Waals surface area (Å²) in [5.74, 6) is 0.946. The summed E-state index contributed by atoms with van der Waals surface area (Å²) in [6, 6.07) is 12.6. The van der Waals surface area contributed by atoms with Gasteiger partial charge in [0.1, 0.15) is 6.04 Å². The fourth-order valence-electron chi connectivity index (χ4n) is 2.81. The molecule has 2 aromatic rings. The molecule has 1 N–H and O–H groups in total. The first kappa shape index (κ1) is 26.0. The lowest BCUT2D eigenvalue weighted by molar-refractivity contribution is -0.138. The summed E-state index contributed by atoms with van der Waals surface area (Å²) in [5, 5.41) is 3.86. The Balaban J connectivity index is 2.12. The van der Waals surface area contributed by atoms with Crippen molar-refractivity contribution in [2.75, 3.05) is 12.3 Å². The van der Waals surface area contributed by atoms with Crippen molar-refractivity contribution in [3.8, 4) is 0 Å². The van der Waals surface area contributed by atoms with Gasteiger partial charge < -0.3 is 10.2 Å². The minimum absolute atomic E-state index is 0.134. The molecule has 0 heterocycles. The van der Waals surface area contributed by atoms with E-state index in [1.54, 1.807) is 30.0 Å². The van der Waals surface area contributed by atoms with E-state index in [1.807, 2.05) is 38.1 Å². The van der Waals surface area contributed by atoms with Crippen LogP contribution in [0.5, 0.6) is 0 Å². The van der Waals surface area contributed by atoms with Crippen LogP contribution in [0.15, 0.2) is 46.9 Å². The molecular formula is C23H27BrCl2N2O2S. The number of nitrogens with zero attached hydrogens (tertiary/aromatic N) is 1. The highest BCUT2D eigenvalue weighted by Crippen LogP contribution is 2.27. The van der Waals surface area contributed by atoms with Crippen molar-refractivity contribution < 1.29 is 9.59 Å². The molecule has 0 radical (unpaired) electrons. The molecule has 0 aliphatic rings. The SMILES string of the molecule is CC(C)CNC(=O)[C@H](C)N(Cc1c(Cl)cccc1Cl)C(=O)CSCc1ccc(Br)cc1. The number of nitrogens with one attached hydrogen (secondary N) is 1. The first-order valence-corrected chi connectivity index (χ1v) is 12.7. The van der Waals surface area contributed by atoms with Gasteiger partial charge in [-0.15, -0.1) is 11.8 Å². The predicted molar refractivity (Wildman–Crippen MR) is 135 cm³/mol. The van der Waals surface area contributed by atoms with E-state index in [4.69, 9.17) is 23.2 Å². The van der Waals surface area contributed by atoms with Crippen molar-refractivity contribution in [2.45, 2.75) is 39.1 Å². The van der Waals surface area contributed by atoms with Gasteiger partial charge in [-0.25, -0.2) is 0 Å². The summed E-state index contributed by atoms with van der Waals surface area (Å²) >= 11 is 17.6. The van der Waals surface area contributed by atoms with Gasteiger partial charge in [0.05, 0.1) is 5.75 Å². The van der Waals surface area contributed by atoms with Gasteiger partial charge in [0.15, 0.2) is 0 Å². The average molecular weight is 546 g/mol. The molecule has 0 unspecified atom stereocenters. The lowest BCUT2D eigenvalue weighted by atomic mass is 10.1. The first-order chi connectivity index (χ1) is 14.7. The van der Waals surface area contributed by atoms with Gasteiger partial charge in [-0.3, -0.25) is 9.59 Å². The fourth-order valence-corrected chi connectivity index (χ4v) is 4.46. The minimum Gasteiger partial charge on any atom is -0.354 e. The smallest absolute Gasteiger partial charge is 0.242 e. The Hall–Kier alpha value is -1.21. The fraction of sp³-hybridized carbons (Fsp3) is 0.391. The molecule has 8 heteroatoms. The third-order valence-corrected chi connectivity index (χ3v) is 6.87. The van der Waals surface area contributed by atoms with E-state index in [0.717, 1.165) is 10.0 Å². The molecule has 0 saturated carbocycles. The van der Waals surface area contributed by atoms with Gasteiger partial charge >= 0.3 is 0 Å². The van der Waals surface area contributed by atoms with Crippen LogP contribution in [-0.2, 0) is 21.9 Å². The van der Waals surface area contributed by atoms with Crippen LogP contribution in [0.4, 0.5) is 0 Å². The summed E-state index contributed by atoms with van der Waals surface area (Å²) < 4.78 is 1.02. The van der Waals surface area contributed by atoms with E-state index in [-0.39, 0.29) is 24.1 Å². The van der Waals surface area contributed by atoms with Gasteiger partial charge in [-0.1, -0.05) is 71.2 Å². The Morgan fingerprint density at radius 2 is 1.68 bits per heavy atom. The molecule has 0 spiro atoms. The lowest BCUT2D eigenvalue weighted by Crippen LogP contribution is -2.48. The zero-order valence-corrected chi connectivity index (χ0v) is 21.7. The molecule has 0 aromatic heterocycles. The molecule has 2 rings (SSSR count). The van der Waals surface area contributed by atoms with Crippen molar-refractivity contribution in [1.82, 2.24) is 10.2 Å². The van der Waals surface area contributed by atoms with Crippen LogP contribution in [0.2, 0.25) is 10.0 Å². The Kier molecular flexibility index (Phi) is 10.7. The molecule has 0 fully saturated rings. The van der Waals surface area contributed by atoms with Gasteiger partial charge in [-0.2, -0.15) is 0 Å².